The molecule has 0 saturated carbocycles. The molecule has 0 amide bonds. The van der Waals surface area contributed by atoms with Crippen molar-refractivity contribution < 1.29 is 23.8 Å². The van der Waals surface area contributed by atoms with Crippen LogP contribution in [-0.2, 0) is 32.1 Å². The van der Waals surface area contributed by atoms with E-state index in [1.54, 1.807) is 42.5 Å². The largest absolute Gasteiger partial charge is 0.489 e. The van der Waals surface area contributed by atoms with Gasteiger partial charge in [0.05, 0.1) is 14.2 Å². The van der Waals surface area contributed by atoms with Crippen molar-refractivity contribution in [2.45, 2.75) is 13.0 Å². The molecule has 0 atom stereocenters. The molecule has 138 valence electrons. The zero-order valence-corrected chi connectivity index (χ0v) is 15.8. The highest BCUT2D eigenvalue weighted by molar-refractivity contribution is 6.35. The van der Waals surface area contributed by atoms with Crippen molar-refractivity contribution in [3.05, 3.63) is 63.6 Å². The lowest BCUT2D eigenvalue weighted by molar-refractivity contribution is -0.158. The van der Waals surface area contributed by atoms with Gasteiger partial charge in [-0.2, -0.15) is 0 Å². The third-order valence-corrected chi connectivity index (χ3v) is 4.49. The second kappa shape index (κ2) is 9.46. The first-order valence-electron chi connectivity index (χ1n) is 7.76. The molecule has 0 radical (unpaired) electrons. The van der Waals surface area contributed by atoms with E-state index in [1.807, 2.05) is 0 Å². The van der Waals surface area contributed by atoms with E-state index in [4.69, 9.17) is 27.9 Å². The standard InChI is InChI=1S/C19H18Cl2O5/c1-24-18(22)14(19(23)25-2)10-12-6-8-13(9-7-12)26-11-15-16(20)4-3-5-17(15)21/h3-9,14H,10-11H2,1-2H3. The number of ether oxygens (including phenoxy) is 3. The summed E-state index contributed by atoms with van der Waals surface area (Å²) in [6, 6.07) is 12.3. The van der Waals surface area contributed by atoms with Crippen molar-refractivity contribution in [2.24, 2.45) is 5.92 Å². The first-order valence-corrected chi connectivity index (χ1v) is 8.52. The number of benzene rings is 2. The van der Waals surface area contributed by atoms with Gasteiger partial charge in [-0.1, -0.05) is 41.4 Å². The molecule has 26 heavy (non-hydrogen) atoms. The molecule has 2 aromatic carbocycles. The minimum Gasteiger partial charge on any atom is -0.489 e. The first-order chi connectivity index (χ1) is 12.5. The molecular weight excluding hydrogens is 379 g/mol. The number of rotatable bonds is 7. The topological polar surface area (TPSA) is 61.8 Å². The second-order valence-electron chi connectivity index (χ2n) is 5.44. The monoisotopic (exact) mass is 396 g/mol. The minimum absolute atomic E-state index is 0.177. The lowest BCUT2D eigenvalue weighted by atomic mass is 9.99. The molecule has 0 saturated heterocycles. The van der Waals surface area contributed by atoms with E-state index >= 15 is 0 Å². The van der Waals surface area contributed by atoms with E-state index in [-0.39, 0.29) is 13.0 Å². The zero-order valence-electron chi connectivity index (χ0n) is 14.3. The Kier molecular flexibility index (Phi) is 7.30. The van der Waals surface area contributed by atoms with E-state index in [2.05, 4.69) is 9.47 Å². The number of carbonyl (C=O) groups excluding carboxylic acids is 2. The maximum absolute atomic E-state index is 11.7. The molecule has 2 aromatic rings. The Labute approximate surface area is 161 Å². The Morgan fingerprint density at radius 2 is 1.46 bits per heavy atom. The maximum Gasteiger partial charge on any atom is 0.320 e. The fraction of sp³-hybridized carbons (Fsp3) is 0.263. The second-order valence-corrected chi connectivity index (χ2v) is 6.25. The Morgan fingerprint density at radius 3 is 1.96 bits per heavy atom. The predicted molar refractivity (Wildman–Crippen MR) is 98.5 cm³/mol. The first kappa shape index (κ1) is 20.1. The van der Waals surface area contributed by atoms with Crippen molar-refractivity contribution >= 4 is 35.1 Å². The number of esters is 2. The summed E-state index contributed by atoms with van der Waals surface area (Å²) in [5.74, 6) is -1.66. The highest BCUT2D eigenvalue weighted by atomic mass is 35.5. The van der Waals surface area contributed by atoms with Gasteiger partial charge < -0.3 is 14.2 Å². The predicted octanol–water partition coefficient (Wildman–Crippen LogP) is 4.08. The number of halogens is 2. The summed E-state index contributed by atoms with van der Waals surface area (Å²) in [6.45, 7) is 0.227. The lowest BCUT2D eigenvalue weighted by Gasteiger charge is -2.13. The van der Waals surface area contributed by atoms with Gasteiger partial charge in [0.2, 0.25) is 0 Å². The van der Waals surface area contributed by atoms with Gasteiger partial charge in [0.15, 0.2) is 5.92 Å². The third-order valence-electron chi connectivity index (χ3n) is 3.78. The molecule has 0 bridgehead atoms. The van der Waals surface area contributed by atoms with Gasteiger partial charge in [-0.15, -0.1) is 0 Å². The fourth-order valence-electron chi connectivity index (χ4n) is 2.33. The Balaban J connectivity index is 2.03. The van der Waals surface area contributed by atoms with Gasteiger partial charge in [0, 0.05) is 15.6 Å². The van der Waals surface area contributed by atoms with Crippen LogP contribution in [0, 0.1) is 5.92 Å². The summed E-state index contributed by atoms with van der Waals surface area (Å²) in [7, 11) is 2.46. The number of hydrogen-bond acceptors (Lipinski definition) is 5. The molecule has 0 unspecified atom stereocenters. The summed E-state index contributed by atoms with van der Waals surface area (Å²) in [6.07, 6.45) is 0.177. The number of carbonyl (C=O) groups is 2. The van der Waals surface area contributed by atoms with Crippen molar-refractivity contribution in [3.63, 3.8) is 0 Å². The molecule has 0 aliphatic rings. The average molecular weight is 397 g/mol. The number of methoxy groups -OCH3 is 2. The SMILES string of the molecule is COC(=O)C(Cc1ccc(OCc2c(Cl)cccc2Cl)cc1)C(=O)OC. The van der Waals surface area contributed by atoms with Crippen LogP contribution in [0.2, 0.25) is 10.0 Å². The molecule has 0 aromatic heterocycles. The van der Waals surface area contributed by atoms with Crippen molar-refractivity contribution in [1.29, 1.82) is 0 Å². The van der Waals surface area contributed by atoms with E-state index in [1.165, 1.54) is 14.2 Å². The lowest BCUT2D eigenvalue weighted by Crippen LogP contribution is -2.28. The molecule has 0 aliphatic heterocycles. The van der Waals surface area contributed by atoms with Gasteiger partial charge in [0.25, 0.3) is 0 Å². The summed E-state index contributed by atoms with van der Waals surface area (Å²) in [5.41, 5.74) is 1.48. The van der Waals surface area contributed by atoms with E-state index in [0.717, 1.165) is 5.56 Å². The fourth-order valence-corrected chi connectivity index (χ4v) is 2.84. The normalized spacial score (nSPS) is 10.5. The van der Waals surface area contributed by atoms with Gasteiger partial charge in [-0.25, -0.2) is 0 Å². The van der Waals surface area contributed by atoms with Crippen LogP contribution < -0.4 is 4.74 Å². The Bertz CT molecular complexity index is 738. The van der Waals surface area contributed by atoms with Crippen LogP contribution in [0.15, 0.2) is 42.5 Å². The van der Waals surface area contributed by atoms with Crippen molar-refractivity contribution in [3.8, 4) is 5.75 Å². The molecule has 7 heteroatoms. The van der Waals surface area contributed by atoms with Gasteiger partial charge in [0.1, 0.15) is 12.4 Å². The van der Waals surface area contributed by atoms with E-state index < -0.39 is 17.9 Å². The summed E-state index contributed by atoms with van der Waals surface area (Å²) < 4.78 is 15.0. The Morgan fingerprint density at radius 1 is 0.923 bits per heavy atom. The van der Waals surface area contributed by atoms with Gasteiger partial charge in [-0.05, 0) is 36.2 Å². The van der Waals surface area contributed by atoms with Crippen LogP contribution in [0.3, 0.4) is 0 Å². The van der Waals surface area contributed by atoms with E-state index in [9.17, 15) is 9.59 Å². The summed E-state index contributed by atoms with van der Waals surface area (Å²) >= 11 is 12.2. The highest BCUT2D eigenvalue weighted by Crippen LogP contribution is 2.26. The molecule has 0 fully saturated rings. The quantitative estimate of drug-likeness (QED) is 0.521. The molecular formula is C19H18Cl2O5. The molecule has 0 N–H and O–H groups in total. The van der Waals surface area contributed by atoms with Crippen LogP contribution in [0.5, 0.6) is 5.75 Å². The van der Waals surface area contributed by atoms with Crippen molar-refractivity contribution in [2.75, 3.05) is 14.2 Å². The smallest absolute Gasteiger partial charge is 0.320 e. The molecule has 2 rings (SSSR count). The maximum atomic E-state index is 11.7. The molecule has 0 spiro atoms. The Hall–Kier alpha value is -2.24. The molecule has 0 heterocycles. The van der Waals surface area contributed by atoms with Crippen LogP contribution in [0.25, 0.3) is 0 Å². The van der Waals surface area contributed by atoms with Crippen LogP contribution >= 0.6 is 23.2 Å². The highest BCUT2D eigenvalue weighted by Gasteiger charge is 2.28. The molecule has 0 aliphatic carbocycles. The van der Waals surface area contributed by atoms with Gasteiger partial charge >= 0.3 is 11.9 Å². The van der Waals surface area contributed by atoms with Crippen LogP contribution in [-0.4, -0.2) is 26.2 Å². The number of hydrogen-bond donors (Lipinski definition) is 0. The van der Waals surface area contributed by atoms with E-state index in [0.29, 0.717) is 21.4 Å². The minimum atomic E-state index is -1.00. The van der Waals surface area contributed by atoms with Crippen molar-refractivity contribution in [1.82, 2.24) is 0 Å². The molecule has 5 nitrogen and oxygen atoms in total. The van der Waals surface area contributed by atoms with Crippen LogP contribution in [0.4, 0.5) is 0 Å². The van der Waals surface area contributed by atoms with Gasteiger partial charge in [-0.3, -0.25) is 9.59 Å². The van der Waals surface area contributed by atoms with Crippen LogP contribution in [0.1, 0.15) is 11.1 Å². The average Bonchev–Trinajstić information content (AvgIpc) is 2.65. The zero-order chi connectivity index (χ0) is 19.1. The summed E-state index contributed by atoms with van der Waals surface area (Å²) in [4.78, 5) is 23.5. The third kappa shape index (κ3) is 5.13. The summed E-state index contributed by atoms with van der Waals surface area (Å²) in [5, 5.41) is 1.07.